The third-order valence-electron chi connectivity index (χ3n) is 3.40. The summed E-state index contributed by atoms with van der Waals surface area (Å²) in [5, 5.41) is 3.13. The molecule has 19 heavy (non-hydrogen) atoms. The van der Waals surface area contributed by atoms with Gasteiger partial charge in [-0.05, 0) is 25.0 Å². The van der Waals surface area contributed by atoms with E-state index in [9.17, 15) is 4.79 Å². The first-order chi connectivity index (χ1) is 9.29. The lowest BCUT2D eigenvalue weighted by Gasteiger charge is -2.22. The number of ether oxygens (including phenoxy) is 1. The van der Waals surface area contributed by atoms with Gasteiger partial charge in [0.1, 0.15) is 5.75 Å². The number of carbonyl (C=O) groups is 1. The van der Waals surface area contributed by atoms with Gasteiger partial charge in [-0.25, -0.2) is 0 Å². The summed E-state index contributed by atoms with van der Waals surface area (Å²) in [6.07, 6.45) is 6.05. The van der Waals surface area contributed by atoms with Gasteiger partial charge in [-0.3, -0.25) is 4.79 Å². The van der Waals surface area contributed by atoms with Crippen LogP contribution in [0.3, 0.4) is 0 Å². The molecule has 0 bridgehead atoms. The molecule has 3 nitrogen and oxygen atoms in total. The minimum Gasteiger partial charge on any atom is -0.496 e. The number of methoxy groups -OCH3 is 1. The highest BCUT2D eigenvalue weighted by Gasteiger charge is 2.15. The summed E-state index contributed by atoms with van der Waals surface area (Å²) in [4.78, 5) is 12.9. The van der Waals surface area contributed by atoms with Gasteiger partial charge in [0.2, 0.25) is 5.91 Å². The summed E-state index contributed by atoms with van der Waals surface area (Å²) in [5.41, 5.74) is 0. The first kappa shape index (κ1) is 14.3. The third-order valence-corrected chi connectivity index (χ3v) is 4.45. The predicted octanol–water partition coefficient (Wildman–Crippen LogP) is 3.24. The molecule has 0 heterocycles. The molecule has 0 radical (unpaired) electrons. The number of para-hydroxylation sites is 1. The molecule has 0 unspecified atom stereocenters. The van der Waals surface area contributed by atoms with Crippen LogP contribution in [-0.4, -0.2) is 24.8 Å². The number of nitrogens with one attached hydrogen (secondary N) is 1. The maximum absolute atomic E-state index is 11.9. The molecule has 0 atom stereocenters. The maximum atomic E-state index is 11.9. The second-order valence-corrected chi connectivity index (χ2v) is 5.86. The number of hydrogen-bond acceptors (Lipinski definition) is 3. The zero-order valence-corrected chi connectivity index (χ0v) is 12.2. The van der Waals surface area contributed by atoms with Crippen molar-refractivity contribution in [3.63, 3.8) is 0 Å². The summed E-state index contributed by atoms with van der Waals surface area (Å²) in [6.45, 7) is 0. The first-order valence-corrected chi connectivity index (χ1v) is 7.83. The molecule has 1 fully saturated rings. The number of hydrogen-bond donors (Lipinski definition) is 1. The summed E-state index contributed by atoms with van der Waals surface area (Å²) in [5.74, 6) is 1.41. The van der Waals surface area contributed by atoms with Gasteiger partial charge in [0.15, 0.2) is 0 Å². The average Bonchev–Trinajstić information content (AvgIpc) is 2.46. The number of thioether (sulfide) groups is 1. The Kier molecular flexibility index (Phi) is 5.58. The summed E-state index contributed by atoms with van der Waals surface area (Å²) in [7, 11) is 1.65. The lowest BCUT2D eigenvalue weighted by atomic mass is 9.95. The molecular formula is C15H21NO2S. The quantitative estimate of drug-likeness (QED) is 0.841. The minimum absolute atomic E-state index is 0.128. The molecule has 1 aromatic carbocycles. The van der Waals surface area contributed by atoms with Crippen LogP contribution in [0.25, 0.3) is 0 Å². The fourth-order valence-corrected chi connectivity index (χ4v) is 3.24. The van der Waals surface area contributed by atoms with E-state index in [1.807, 2.05) is 24.3 Å². The smallest absolute Gasteiger partial charge is 0.230 e. The van der Waals surface area contributed by atoms with Crippen LogP contribution < -0.4 is 10.1 Å². The molecule has 4 heteroatoms. The highest BCUT2D eigenvalue weighted by atomic mass is 32.2. The van der Waals surface area contributed by atoms with Crippen molar-refractivity contribution in [3.05, 3.63) is 24.3 Å². The number of benzene rings is 1. The second-order valence-electron chi connectivity index (χ2n) is 4.84. The highest BCUT2D eigenvalue weighted by molar-refractivity contribution is 8.00. The normalized spacial score (nSPS) is 16.1. The lowest BCUT2D eigenvalue weighted by Crippen LogP contribution is -2.37. The van der Waals surface area contributed by atoms with Crippen LogP contribution in [-0.2, 0) is 4.79 Å². The third kappa shape index (κ3) is 4.46. The molecule has 1 N–H and O–H groups in total. The van der Waals surface area contributed by atoms with E-state index in [0.29, 0.717) is 11.8 Å². The minimum atomic E-state index is 0.128. The SMILES string of the molecule is COc1ccccc1SCC(=O)NC1CCCCC1. The topological polar surface area (TPSA) is 38.3 Å². The second kappa shape index (κ2) is 7.43. The Hall–Kier alpha value is -1.16. The Morgan fingerprint density at radius 2 is 2.05 bits per heavy atom. The van der Waals surface area contributed by atoms with Crippen molar-refractivity contribution >= 4 is 17.7 Å². The van der Waals surface area contributed by atoms with Gasteiger partial charge in [-0.1, -0.05) is 31.4 Å². The van der Waals surface area contributed by atoms with E-state index in [2.05, 4.69) is 5.32 Å². The molecule has 104 valence electrons. The standard InChI is InChI=1S/C15H21NO2S/c1-18-13-9-5-6-10-14(13)19-11-15(17)16-12-7-3-2-4-8-12/h5-6,9-10,12H,2-4,7-8,11H2,1H3,(H,16,17). The van der Waals surface area contributed by atoms with Crippen LogP contribution in [0.1, 0.15) is 32.1 Å². The van der Waals surface area contributed by atoms with Crippen LogP contribution in [0, 0.1) is 0 Å². The molecule has 1 saturated carbocycles. The average molecular weight is 279 g/mol. The molecule has 0 spiro atoms. The van der Waals surface area contributed by atoms with Crippen molar-refractivity contribution in [3.8, 4) is 5.75 Å². The summed E-state index contributed by atoms with van der Waals surface area (Å²) in [6, 6.07) is 8.19. The maximum Gasteiger partial charge on any atom is 0.230 e. The van der Waals surface area contributed by atoms with E-state index < -0.39 is 0 Å². The fourth-order valence-electron chi connectivity index (χ4n) is 2.40. The van der Waals surface area contributed by atoms with E-state index in [4.69, 9.17) is 4.74 Å². The Balaban J connectivity index is 1.79. The van der Waals surface area contributed by atoms with E-state index in [1.54, 1.807) is 7.11 Å². The van der Waals surface area contributed by atoms with Crippen molar-refractivity contribution in [2.75, 3.05) is 12.9 Å². The molecule has 0 aromatic heterocycles. The van der Waals surface area contributed by atoms with E-state index in [0.717, 1.165) is 23.5 Å². The number of rotatable bonds is 5. The van der Waals surface area contributed by atoms with Gasteiger partial charge < -0.3 is 10.1 Å². The van der Waals surface area contributed by atoms with Gasteiger partial charge in [0.25, 0.3) is 0 Å². The molecule has 0 saturated heterocycles. The van der Waals surface area contributed by atoms with Crippen molar-refractivity contribution in [2.45, 2.75) is 43.0 Å². The van der Waals surface area contributed by atoms with Crippen LogP contribution in [0.4, 0.5) is 0 Å². The van der Waals surface area contributed by atoms with Gasteiger partial charge >= 0.3 is 0 Å². The van der Waals surface area contributed by atoms with Crippen molar-refractivity contribution < 1.29 is 9.53 Å². The van der Waals surface area contributed by atoms with Crippen LogP contribution in [0.5, 0.6) is 5.75 Å². The molecule has 1 aromatic rings. The van der Waals surface area contributed by atoms with Crippen LogP contribution in [0.2, 0.25) is 0 Å². The zero-order valence-electron chi connectivity index (χ0n) is 11.4. The van der Waals surface area contributed by atoms with Crippen molar-refractivity contribution in [1.29, 1.82) is 0 Å². The Labute approximate surface area is 119 Å². The Bertz CT molecular complexity index is 416. The first-order valence-electron chi connectivity index (χ1n) is 6.85. The van der Waals surface area contributed by atoms with Crippen molar-refractivity contribution in [1.82, 2.24) is 5.32 Å². The molecule has 1 aliphatic carbocycles. The summed E-state index contributed by atoms with van der Waals surface area (Å²) < 4.78 is 5.28. The zero-order chi connectivity index (χ0) is 13.5. The van der Waals surface area contributed by atoms with Gasteiger partial charge in [-0.2, -0.15) is 0 Å². The number of carbonyl (C=O) groups excluding carboxylic acids is 1. The molecule has 0 aliphatic heterocycles. The van der Waals surface area contributed by atoms with Crippen molar-refractivity contribution in [2.24, 2.45) is 0 Å². The van der Waals surface area contributed by atoms with Gasteiger partial charge in [0, 0.05) is 10.9 Å². The van der Waals surface area contributed by atoms with Crippen LogP contribution in [0.15, 0.2) is 29.2 Å². The van der Waals surface area contributed by atoms with E-state index in [-0.39, 0.29) is 5.91 Å². The number of amides is 1. The van der Waals surface area contributed by atoms with Gasteiger partial charge in [-0.15, -0.1) is 11.8 Å². The molecule has 2 rings (SSSR count). The fraction of sp³-hybridized carbons (Fsp3) is 0.533. The molecular weight excluding hydrogens is 258 g/mol. The molecule has 1 amide bonds. The lowest BCUT2D eigenvalue weighted by molar-refractivity contribution is -0.119. The largest absolute Gasteiger partial charge is 0.496 e. The molecule has 1 aliphatic rings. The van der Waals surface area contributed by atoms with Crippen LogP contribution >= 0.6 is 11.8 Å². The monoisotopic (exact) mass is 279 g/mol. The Morgan fingerprint density at radius 1 is 1.32 bits per heavy atom. The highest BCUT2D eigenvalue weighted by Crippen LogP contribution is 2.28. The summed E-state index contributed by atoms with van der Waals surface area (Å²) >= 11 is 1.53. The van der Waals surface area contributed by atoms with Gasteiger partial charge in [0.05, 0.1) is 12.9 Å². The van der Waals surface area contributed by atoms with E-state index in [1.165, 1.54) is 31.0 Å². The Morgan fingerprint density at radius 3 is 2.79 bits per heavy atom. The predicted molar refractivity (Wildman–Crippen MR) is 78.7 cm³/mol. The van der Waals surface area contributed by atoms with E-state index >= 15 is 0 Å².